The third-order valence-electron chi connectivity index (χ3n) is 2.69. The lowest BCUT2D eigenvalue weighted by molar-refractivity contribution is 0.203. The quantitative estimate of drug-likeness (QED) is 0.664. The van der Waals surface area contributed by atoms with Gasteiger partial charge in [-0.15, -0.1) is 0 Å². The highest BCUT2D eigenvalue weighted by Gasteiger charge is 2.08. The van der Waals surface area contributed by atoms with Crippen LogP contribution in [0.25, 0.3) is 0 Å². The van der Waals surface area contributed by atoms with Gasteiger partial charge < -0.3 is 25.2 Å². The lowest BCUT2D eigenvalue weighted by atomic mass is 10.2. The maximum absolute atomic E-state index is 9.13. The van der Waals surface area contributed by atoms with Gasteiger partial charge >= 0.3 is 0 Å². The summed E-state index contributed by atoms with van der Waals surface area (Å²) in [6.45, 7) is 4.65. The van der Waals surface area contributed by atoms with Crippen LogP contribution in [-0.2, 0) is 4.74 Å². The first-order valence-electron chi connectivity index (χ1n) is 6.59. The Kier molecular flexibility index (Phi) is 7.07. The summed E-state index contributed by atoms with van der Waals surface area (Å²) >= 11 is 0. The van der Waals surface area contributed by atoms with Crippen LogP contribution in [0.3, 0.4) is 0 Å². The Labute approximate surface area is 114 Å². The molecule has 5 heteroatoms. The predicted molar refractivity (Wildman–Crippen MR) is 77.8 cm³/mol. The van der Waals surface area contributed by atoms with E-state index in [0.29, 0.717) is 32.0 Å². The zero-order chi connectivity index (χ0) is 14.1. The summed E-state index contributed by atoms with van der Waals surface area (Å²) in [5.41, 5.74) is 7.49. The normalized spacial score (nSPS) is 10.5. The van der Waals surface area contributed by atoms with Crippen LogP contribution in [0.1, 0.15) is 13.3 Å². The molecular formula is C14H24N2O3. The molecule has 0 aromatic heterocycles. The van der Waals surface area contributed by atoms with Crippen LogP contribution < -0.4 is 15.4 Å². The molecule has 1 aromatic rings. The number of hydrogen-bond acceptors (Lipinski definition) is 5. The highest BCUT2D eigenvalue weighted by Crippen LogP contribution is 2.25. The minimum absolute atomic E-state index is 0.0870. The third kappa shape index (κ3) is 5.36. The third-order valence-corrected chi connectivity index (χ3v) is 2.69. The number of aliphatic hydroxyl groups is 1. The molecule has 108 valence electrons. The second-order valence-electron chi connectivity index (χ2n) is 4.31. The molecule has 0 amide bonds. The van der Waals surface area contributed by atoms with E-state index in [9.17, 15) is 0 Å². The van der Waals surface area contributed by atoms with E-state index in [1.165, 1.54) is 0 Å². The van der Waals surface area contributed by atoms with Crippen molar-refractivity contribution in [1.82, 2.24) is 0 Å². The number of hydrogen-bond donors (Lipinski definition) is 2. The molecule has 19 heavy (non-hydrogen) atoms. The highest BCUT2D eigenvalue weighted by molar-refractivity contribution is 5.60. The first kappa shape index (κ1) is 15.6. The zero-order valence-electron chi connectivity index (χ0n) is 11.8. The smallest absolute Gasteiger partial charge is 0.123 e. The minimum atomic E-state index is 0.0870. The zero-order valence-corrected chi connectivity index (χ0v) is 11.8. The Morgan fingerprint density at radius 2 is 2.00 bits per heavy atom. The molecule has 3 N–H and O–H groups in total. The number of benzene rings is 1. The maximum atomic E-state index is 9.13. The molecule has 1 rings (SSSR count). The lowest BCUT2D eigenvalue weighted by Gasteiger charge is -2.24. The van der Waals surface area contributed by atoms with E-state index in [0.717, 1.165) is 17.9 Å². The van der Waals surface area contributed by atoms with Crippen LogP contribution >= 0.6 is 0 Å². The van der Waals surface area contributed by atoms with Gasteiger partial charge in [-0.2, -0.15) is 0 Å². The van der Waals surface area contributed by atoms with Crippen LogP contribution in [-0.4, -0.2) is 45.1 Å². The van der Waals surface area contributed by atoms with Gasteiger partial charge in [0, 0.05) is 43.7 Å². The second-order valence-corrected chi connectivity index (χ2v) is 4.31. The van der Waals surface area contributed by atoms with E-state index in [1.807, 2.05) is 23.1 Å². The van der Waals surface area contributed by atoms with Gasteiger partial charge in [-0.25, -0.2) is 0 Å². The van der Waals surface area contributed by atoms with Crippen LogP contribution in [0.2, 0.25) is 0 Å². The standard InChI is InChI=1S/C14H24N2O3/c1-3-7-19-14-10-12(15)9-13(11-14)16(4-6-17)5-8-18-2/h9-11,17H,3-8,15H2,1-2H3. The van der Waals surface area contributed by atoms with Crippen LogP contribution in [0.15, 0.2) is 18.2 Å². The largest absolute Gasteiger partial charge is 0.493 e. The summed E-state index contributed by atoms with van der Waals surface area (Å²) in [6.07, 6.45) is 0.953. The summed E-state index contributed by atoms with van der Waals surface area (Å²) in [5, 5.41) is 9.13. The number of aliphatic hydroxyl groups excluding tert-OH is 1. The van der Waals surface area contributed by atoms with E-state index < -0.39 is 0 Å². The van der Waals surface area contributed by atoms with E-state index >= 15 is 0 Å². The predicted octanol–water partition coefficient (Wildman–Crippen LogP) is 1.50. The maximum Gasteiger partial charge on any atom is 0.123 e. The molecule has 0 saturated heterocycles. The number of methoxy groups -OCH3 is 1. The SMILES string of the molecule is CCCOc1cc(N)cc(N(CCO)CCOC)c1. The molecule has 0 heterocycles. The van der Waals surface area contributed by atoms with E-state index in [-0.39, 0.29) is 6.61 Å². The van der Waals surface area contributed by atoms with Crippen molar-refractivity contribution in [3.63, 3.8) is 0 Å². The Hall–Kier alpha value is -1.46. The molecule has 0 saturated carbocycles. The molecule has 0 unspecified atom stereocenters. The van der Waals surface area contributed by atoms with Crippen molar-refractivity contribution >= 4 is 11.4 Å². The Balaban J connectivity index is 2.84. The molecule has 0 atom stereocenters. The van der Waals surface area contributed by atoms with Gasteiger partial charge in [0.1, 0.15) is 5.75 Å². The number of nitrogen functional groups attached to an aromatic ring is 1. The highest BCUT2D eigenvalue weighted by atomic mass is 16.5. The van der Waals surface area contributed by atoms with Crippen molar-refractivity contribution in [2.24, 2.45) is 0 Å². The van der Waals surface area contributed by atoms with Crippen molar-refractivity contribution in [2.45, 2.75) is 13.3 Å². The molecule has 0 radical (unpaired) electrons. The first-order valence-corrected chi connectivity index (χ1v) is 6.59. The number of nitrogens with two attached hydrogens (primary N) is 1. The summed E-state index contributed by atoms with van der Waals surface area (Å²) in [5.74, 6) is 0.761. The average Bonchev–Trinajstić information content (AvgIpc) is 2.40. The first-order chi connectivity index (χ1) is 9.21. The van der Waals surface area contributed by atoms with Gasteiger partial charge in [-0.05, 0) is 12.5 Å². The van der Waals surface area contributed by atoms with Crippen molar-refractivity contribution < 1.29 is 14.6 Å². The monoisotopic (exact) mass is 268 g/mol. The van der Waals surface area contributed by atoms with E-state index in [4.69, 9.17) is 20.3 Å². The van der Waals surface area contributed by atoms with Crippen molar-refractivity contribution in [3.05, 3.63) is 18.2 Å². The fourth-order valence-corrected chi connectivity index (χ4v) is 1.78. The van der Waals surface area contributed by atoms with Crippen molar-refractivity contribution in [1.29, 1.82) is 0 Å². The van der Waals surface area contributed by atoms with Crippen molar-refractivity contribution in [3.8, 4) is 5.75 Å². The number of rotatable bonds is 9. The van der Waals surface area contributed by atoms with E-state index in [1.54, 1.807) is 7.11 Å². The Morgan fingerprint density at radius 1 is 1.21 bits per heavy atom. The molecule has 5 nitrogen and oxygen atoms in total. The van der Waals surface area contributed by atoms with Gasteiger partial charge in [-0.3, -0.25) is 0 Å². The Morgan fingerprint density at radius 3 is 2.63 bits per heavy atom. The molecule has 0 aliphatic carbocycles. The molecule has 0 fully saturated rings. The van der Waals surface area contributed by atoms with Gasteiger partial charge in [0.2, 0.25) is 0 Å². The topological polar surface area (TPSA) is 68.0 Å². The fraction of sp³-hybridized carbons (Fsp3) is 0.571. The van der Waals surface area contributed by atoms with Crippen LogP contribution in [0.5, 0.6) is 5.75 Å². The summed E-state index contributed by atoms with van der Waals surface area (Å²) in [4.78, 5) is 2.03. The number of anilines is 2. The second kappa shape index (κ2) is 8.61. The minimum Gasteiger partial charge on any atom is -0.493 e. The summed E-state index contributed by atoms with van der Waals surface area (Å²) < 4.78 is 10.7. The van der Waals surface area contributed by atoms with E-state index in [2.05, 4.69) is 6.92 Å². The van der Waals surface area contributed by atoms with Gasteiger partial charge in [0.15, 0.2) is 0 Å². The molecule has 0 aliphatic heterocycles. The number of ether oxygens (including phenoxy) is 2. The summed E-state index contributed by atoms with van der Waals surface area (Å²) in [7, 11) is 1.66. The molecular weight excluding hydrogens is 244 g/mol. The molecule has 1 aromatic carbocycles. The lowest BCUT2D eigenvalue weighted by Crippen LogP contribution is -2.30. The van der Waals surface area contributed by atoms with Gasteiger partial charge in [-0.1, -0.05) is 6.92 Å². The fourth-order valence-electron chi connectivity index (χ4n) is 1.78. The Bertz CT molecular complexity index is 372. The number of nitrogens with zero attached hydrogens (tertiary/aromatic N) is 1. The molecule has 0 spiro atoms. The molecule has 0 aliphatic rings. The average molecular weight is 268 g/mol. The summed E-state index contributed by atoms with van der Waals surface area (Å²) in [6, 6.07) is 5.63. The van der Waals surface area contributed by atoms with Crippen molar-refractivity contribution in [2.75, 3.05) is 50.7 Å². The van der Waals surface area contributed by atoms with Gasteiger partial charge in [0.05, 0.1) is 19.8 Å². The molecule has 0 bridgehead atoms. The van der Waals surface area contributed by atoms with Crippen LogP contribution in [0.4, 0.5) is 11.4 Å². The van der Waals surface area contributed by atoms with Gasteiger partial charge in [0.25, 0.3) is 0 Å². The van der Waals surface area contributed by atoms with Crippen LogP contribution in [0, 0.1) is 0 Å².